The summed E-state index contributed by atoms with van der Waals surface area (Å²) in [5.41, 5.74) is 0.592. The highest BCUT2D eigenvalue weighted by atomic mass is 16.5. The first-order valence-corrected chi connectivity index (χ1v) is 7.56. The van der Waals surface area contributed by atoms with Gasteiger partial charge in [0.1, 0.15) is 11.8 Å². The predicted octanol–water partition coefficient (Wildman–Crippen LogP) is 2.83. The first-order valence-electron chi connectivity index (χ1n) is 7.56. The van der Waals surface area contributed by atoms with Crippen LogP contribution in [-0.4, -0.2) is 43.9 Å². The molecular weight excluding hydrogens is 264 g/mol. The van der Waals surface area contributed by atoms with Crippen molar-refractivity contribution in [2.24, 2.45) is 0 Å². The number of para-hydroxylation sites is 1. The van der Waals surface area contributed by atoms with E-state index in [1.165, 1.54) is 6.42 Å². The zero-order chi connectivity index (χ0) is 15.1. The van der Waals surface area contributed by atoms with Crippen molar-refractivity contribution in [1.82, 2.24) is 4.90 Å². The van der Waals surface area contributed by atoms with Gasteiger partial charge in [-0.2, -0.15) is 5.26 Å². The van der Waals surface area contributed by atoms with Crippen molar-refractivity contribution < 1.29 is 9.47 Å². The average Bonchev–Trinajstić information content (AvgIpc) is 2.52. The molecule has 21 heavy (non-hydrogen) atoms. The van der Waals surface area contributed by atoms with Crippen LogP contribution in [0.2, 0.25) is 0 Å². The van der Waals surface area contributed by atoms with Gasteiger partial charge in [-0.3, -0.25) is 0 Å². The van der Waals surface area contributed by atoms with Crippen molar-refractivity contribution in [3.05, 3.63) is 29.8 Å². The van der Waals surface area contributed by atoms with E-state index in [2.05, 4.69) is 17.9 Å². The number of ether oxygens (including phenoxy) is 2. The van der Waals surface area contributed by atoms with Crippen LogP contribution in [0.15, 0.2) is 24.3 Å². The molecule has 114 valence electrons. The van der Waals surface area contributed by atoms with Crippen molar-refractivity contribution in [2.45, 2.75) is 31.8 Å². The molecule has 1 unspecified atom stereocenters. The van der Waals surface area contributed by atoms with Gasteiger partial charge in [-0.05, 0) is 44.9 Å². The van der Waals surface area contributed by atoms with Crippen LogP contribution in [0.25, 0.3) is 0 Å². The number of likely N-dealkylation sites (tertiary alicyclic amines) is 1. The summed E-state index contributed by atoms with van der Waals surface area (Å²) in [6.07, 6.45) is 3.27. The molecule has 0 saturated carbocycles. The van der Waals surface area contributed by atoms with Crippen LogP contribution < -0.4 is 4.74 Å². The van der Waals surface area contributed by atoms with Crippen LogP contribution in [-0.2, 0) is 4.74 Å². The Labute approximate surface area is 127 Å². The molecule has 0 spiro atoms. The normalized spacial score (nSPS) is 22.7. The molecule has 0 aliphatic carbocycles. The van der Waals surface area contributed by atoms with E-state index in [1.54, 1.807) is 13.2 Å². The van der Waals surface area contributed by atoms with Crippen LogP contribution in [0.1, 0.15) is 31.7 Å². The van der Waals surface area contributed by atoms with Gasteiger partial charge in [-0.25, -0.2) is 0 Å². The minimum absolute atomic E-state index is 0.00743. The van der Waals surface area contributed by atoms with E-state index >= 15 is 0 Å². The van der Waals surface area contributed by atoms with Crippen LogP contribution in [0.3, 0.4) is 0 Å². The molecule has 1 saturated heterocycles. The van der Waals surface area contributed by atoms with E-state index in [0.29, 0.717) is 17.9 Å². The summed E-state index contributed by atoms with van der Waals surface area (Å²) in [6, 6.07) is 9.53. The van der Waals surface area contributed by atoms with Gasteiger partial charge in [-0.15, -0.1) is 0 Å². The van der Waals surface area contributed by atoms with E-state index in [4.69, 9.17) is 14.7 Å². The molecule has 0 bridgehead atoms. The standard InChI is InChI=1S/C17H24N2O2/c1-17(20-2)9-5-10-19(14-17)11-6-12-21-16-8-4-3-7-15(16)13-18/h3-4,7-8H,5-6,9-12,14H2,1-2H3. The molecule has 1 aliphatic rings. The molecule has 1 heterocycles. The van der Waals surface area contributed by atoms with E-state index in [1.807, 2.05) is 18.2 Å². The van der Waals surface area contributed by atoms with Gasteiger partial charge in [0, 0.05) is 20.2 Å². The second-order valence-electron chi connectivity index (χ2n) is 5.84. The lowest BCUT2D eigenvalue weighted by Gasteiger charge is -2.39. The number of rotatable bonds is 6. The number of hydrogen-bond acceptors (Lipinski definition) is 4. The number of hydrogen-bond donors (Lipinski definition) is 0. The summed E-state index contributed by atoms with van der Waals surface area (Å²) >= 11 is 0. The molecule has 0 aromatic heterocycles. The highest BCUT2D eigenvalue weighted by molar-refractivity contribution is 5.42. The minimum Gasteiger partial charge on any atom is -0.492 e. The van der Waals surface area contributed by atoms with Crippen molar-refractivity contribution in [2.75, 3.05) is 33.4 Å². The number of benzene rings is 1. The van der Waals surface area contributed by atoms with Gasteiger partial charge in [0.15, 0.2) is 0 Å². The van der Waals surface area contributed by atoms with Crippen molar-refractivity contribution in [1.29, 1.82) is 5.26 Å². The second kappa shape index (κ2) is 7.44. The maximum Gasteiger partial charge on any atom is 0.137 e. The first kappa shape index (κ1) is 15.8. The number of methoxy groups -OCH3 is 1. The first-order chi connectivity index (χ1) is 10.2. The third-order valence-corrected chi connectivity index (χ3v) is 4.11. The summed E-state index contributed by atoms with van der Waals surface area (Å²) < 4.78 is 11.3. The maximum absolute atomic E-state index is 9.01. The second-order valence-corrected chi connectivity index (χ2v) is 5.84. The Morgan fingerprint density at radius 3 is 2.95 bits per heavy atom. The van der Waals surface area contributed by atoms with Crippen LogP contribution in [0, 0.1) is 11.3 Å². The van der Waals surface area contributed by atoms with Gasteiger partial charge in [-0.1, -0.05) is 12.1 Å². The van der Waals surface area contributed by atoms with Gasteiger partial charge in [0.25, 0.3) is 0 Å². The monoisotopic (exact) mass is 288 g/mol. The fourth-order valence-electron chi connectivity index (χ4n) is 2.82. The molecule has 1 aromatic rings. The van der Waals surface area contributed by atoms with Crippen LogP contribution >= 0.6 is 0 Å². The lowest BCUT2D eigenvalue weighted by Crippen LogP contribution is -2.47. The predicted molar refractivity (Wildman–Crippen MR) is 82.4 cm³/mol. The van der Waals surface area contributed by atoms with Gasteiger partial charge >= 0.3 is 0 Å². The number of nitriles is 1. The molecule has 1 atom stereocenters. The Hall–Kier alpha value is -1.57. The largest absolute Gasteiger partial charge is 0.492 e. The van der Waals surface area contributed by atoms with E-state index in [9.17, 15) is 0 Å². The number of piperidine rings is 1. The Morgan fingerprint density at radius 1 is 1.38 bits per heavy atom. The topological polar surface area (TPSA) is 45.5 Å². The molecule has 0 amide bonds. The molecule has 4 nitrogen and oxygen atoms in total. The molecule has 1 aliphatic heterocycles. The Morgan fingerprint density at radius 2 is 2.19 bits per heavy atom. The van der Waals surface area contributed by atoms with Crippen LogP contribution in [0.5, 0.6) is 5.75 Å². The molecule has 1 aromatic carbocycles. The molecule has 1 fully saturated rings. The number of nitrogens with zero attached hydrogens (tertiary/aromatic N) is 2. The quantitative estimate of drug-likeness (QED) is 0.755. The average molecular weight is 288 g/mol. The summed E-state index contributed by atoms with van der Waals surface area (Å²) in [4.78, 5) is 2.44. The summed E-state index contributed by atoms with van der Waals surface area (Å²) in [6.45, 7) is 5.94. The highest BCUT2D eigenvalue weighted by Gasteiger charge is 2.30. The fraction of sp³-hybridized carbons (Fsp3) is 0.588. The molecule has 0 radical (unpaired) electrons. The molecule has 0 N–H and O–H groups in total. The fourth-order valence-corrected chi connectivity index (χ4v) is 2.82. The molecule has 4 heteroatoms. The van der Waals surface area contributed by atoms with Gasteiger partial charge in [0.2, 0.25) is 0 Å². The lowest BCUT2D eigenvalue weighted by atomic mass is 9.95. The SMILES string of the molecule is COC1(C)CCCN(CCCOc2ccccc2C#N)C1. The van der Waals surface area contributed by atoms with Crippen molar-refractivity contribution in [3.63, 3.8) is 0 Å². The zero-order valence-electron chi connectivity index (χ0n) is 13.0. The Balaban J connectivity index is 1.74. The molecular formula is C17H24N2O2. The summed E-state index contributed by atoms with van der Waals surface area (Å²) in [5.74, 6) is 0.681. The van der Waals surface area contributed by atoms with E-state index < -0.39 is 0 Å². The Kier molecular flexibility index (Phi) is 5.60. The highest BCUT2D eigenvalue weighted by Crippen LogP contribution is 2.24. The third kappa shape index (κ3) is 4.45. The van der Waals surface area contributed by atoms with E-state index in [-0.39, 0.29) is 5.60 Å². The third-order valence-electron chi connectivity index (χ3n) is 4.11. The van der Waals surface area contributed by atoms with Gasteiger partial charge in [0.05, 0.1) is 17.8 Å². The van der Waals surface area contributed by atoms with E-state index in [0.717, 1.165) is 32.5 Å². The summed E-state index contributed by atoms with van der Waals surface area (Å²) in [5, 5.41) is 9.01. The van der Waals surface area contributed by atoms with Crippen LogP contribution in [0.4, 0.5) is 0 Å². The van der Waals surface area contributed by atoms with Crippen molar-refractivity contribution >= 4 is 0 Å². The lowest BCUT2D eigenvalue weighted by molar-refractivity contribution is -0.0512. The maximum atomic E-state index is 9.01. The van der Waals surface area contributed by atoms with Crippen molar-refractivity contribution in [3.8, 4) is 11.8 Å². The Bertz CT molecular complexity index is 498. The molecule has 2 rings (SSSR count). The minimum atomic E-state index is -0.00743. The summed E-state index contributed by atoms with van der Waals surface area (Å²) in [7, 11) is 1.80. The zero-order valence-corrected chi connectivity index (χ0v) is 13.0. The smallest absolute Gasteiger partial charge is 0.137 e. The van der Waals surface area contributed by atoms with Gasteiger partial charge < -0.3 is 14.4 Å².